The number of halogens is 1. The van der Waals surface area contributed by atoms with E-state index in [0.29, 0.717) is 18.7 Å². The maximum Gasteiger partial charge on any atom is 0.331 e. The minimum atomic E-state index is -0.972. The van der Waals surface area contributed by atoms with Crippen molar-refractivity contribution in [1.82, 2.24) is 20.2 Å². The van der Waals surface area contributed by atoms with Gasteiger partial charge < -0.3 is 5.11 Å². The average molecular weight is 370 g/mol. The van der Waals surface area contributed by atoms with Crippen molar-refractivity contribution >= 4 is 28.6 Å². The zero-order chi connectivity index (χ0) is 13.5. The molecule has 1 aliphatic rings. The van der Waals surface area contributed by atoms with Crippen LogP contribution in [0.4, 0.5) is 0 Å². The number of carboxylic acids is 1. The van der Waals surface area contributed by atoms with Gasteiger partial charge in [0.15, 0.2) is 11.4 Å². The number of aliphatic carboxylic acids is 1. The molecule has 2 aromatic rings. The van der Waals surface area contributed by atoms with Gasteiger partial charge in [-0.25, -0.2) is 9.48 Å². The summed E-state index contributed by atoms with van der Waals surface area (Å²) in [5, 5.41) is 21.0. The molecule has 3 rings (SSSR count). The molecule has 98 valence electrons. The molecule has 0 saturated heterocycles. The number of carboxylic acid groups (broad SMARTS) is 1. The highest BCUT2D eigenvalue weighted by Gasteiger charge is 2.49. The van der Waals surface area contributed by atoms with Crippen molar-refractivity contribution in [3.8, 4) is 11.4 Å². The molecule has 1 aliphatic carbocycles. The topological polar surface area (TPSA) is 80.9 Å². The van der Waals surface area contributed by atoms with Crippen LogP contribution in [-0.2, 0) is 10.3 Å². The first-order chi connectivity index (χ1) is 9.13. The summed E-state index contributed by atoms with van der Waals surface area (Å²) in [6.45, 7) is 0. The van der Waals surface area contributed by atoms with Crippen LogP contribution in [-0.4, -0.2) is 31.3 Å². The highest BCUT2D eigenvalue weighted by atomic mass is 127. The van der Waals surface area contributed by atoms with Crippen LogP contribution < -0.4 is 0 Å². The van der Waals surface area contributed by atoms with Gasteiger partial charge in [-0.3, -0.25) is 0 Å². The summed E-state index contributed by atoms with van der Waals surface area (Å²) in [6.07, 6.45) is 2.03. The molecule has 0 bridgehead atoms. The first-order valence-electron chi connectivity index (χ1n) is 5.92. The van der Waals surface area contributed by atoms with E-state index in [9.17, 15) is 9.90 Å². The lowest BCUT2D eigenvalue weighted by Crippen LogP contribution is -2.48. The fraction of sp³-hybridized carbons (Fsp3) is 0.333. The maximum absolute atomic E-state index is 11.5. The fourth-order valence-electron chi connectivity index (χ4n) is 2.31. The summed E-state index contributed by atoms with van der Waals surface area (Å²) in [4.78, 5) is 11.5. The Morgan fingerprint density at radius 2 is 2.21 bits per heavy atom. The Morgan fingerprint density at radius 3 is 2.79 bits per heavy atom. The van der Waals surface area contributed by atoms with E-state index in [2.05, 4.69) is 38.1 Å². The number of tetrazole rings is 1. The lowest BCUT2D eigenvalue weighted by atomic mass is 9.76. The third kappa shape index (κ3) is 1.92. The maximum atomic E-state index is 11.5. The number of benzene rings is 1. The average Bonchev–Trinajstić information content (AvgIpc) is 2.76. The smallest absolute Gasteiger partial charge is 0.331 e. The van der Waals surface area contributed by atoms with Gasteiger partial charge in [-0.05, 0) is 64.4 Å². The number of hydrogen-bond acceptors (Lipinski definition) is 4. The highest BCUT2D eigenvalue weighted by Crippen LogP contribution is 2.40. The SMILES string of the molecule is O=C(O)C1(n2nnnc2-c2cccc(I)c2)CCC1. The van der Waals surface area contributed by atoms with Crippen LogP contribution >= 0.6 is 22.6 Å². The number of aromatic nitrogens is 4. The highest BCUT2D eigenvalue weighted by molar-refractivity contribution is 14.1. The van der Waals surface area contributed by atoms with Crippen molar-refractivity contribution in [2.45, 2.75) is 24.8 Å². The molecular weight excluding hydrogens is 359 g/mol. The Balaban J connectivity index is 2.11. The molecule has 1 heterocycles. The van der Waals surface area contributed by atoms with Crippen molar-refractivity contribution in [3.63, 3.8) is 0 Å². The number of nitrogens with zero attached hydrogens (tertiary/aromatic N) is 4. The van der Waals surface area contributed by atoms with Gasteiger partial charge in [-0.2, -0.15) is 0 Å². The van der Waals surface area contributed by atoms with E-state index in [0.717, 1.165) is 15.6 Å². The minimum Gasteiger partial charge on any atom is -0.479 e. The standard InChI is InChI=1S/C12H11IN4O2/c13-9-4-1-3-8(7-9)10-14-15-16-17(10)12(11(18)19)5-2-6-12/h1,3-4,7H,2,5-6H2,(H,18,19). The van der Waals surface area contributed by atoms with Gasteiger partial charge in [0.1, 0.15) is 0 Å². The second kappa shape index (κ2) is 4.55. The predicted octanol–water partition coefficient (Wildman–Crippen LogP) is 1.91. The summed E-state index contributed by atoms with van der Waals surface area (Å²) < 4.78 is 2.52. The minimum absolute atomic E-state index is 0.514. The van der Waals surface area contributed by atoms with Crippen LogP contribution in [0.25, 0.3) is 11.4 Å². The Kier molecular flexibility index (Phi) is 3.00. The third-order valence-corrected chi connectivity index (χ3v) is 4.21. The van der Waals surface area contributed by atoms with Crippen molar-refractivity contribution in [2.24, 2.45) is 0 Å². The zero-order valence-electron chi connectivity index (χ0n) is 9.95. The number of carbonyl (C=O) groups is 1. The molecule has 1 aromatic heterocycles. The second-order valence-electron chi connectivity index (χ2n) is 4.61. The van der Waals surface area contributed by atoms with E-state index in [1.165, 1.54) is 4.68 Å². The summed E-state index contributed by atoms with van der Waals surface area (Å²) in [7, 11) is 0. The lowest BCUT2D eigenvalue weighted by Gasteiger charge is -2.37. The quantitative estimate of drug-likeness (QED) is 0.835. The van der Waals surface area contributed by atoms with Gasteiger partial charge in [0.25, 0.3) is 0 Å². The Morgan fingerprint density at radius 1 is 1.42 bits per heavy atom. The van der Waals surface area contributed by atoms with Gasteiger partial charge in [-0.1, -0.05) is 12.1 Å². The normalized spacial score (nSPS) is 16.9. The van der Waals surface area contributed by atoms with Crippen molar-refractivity contribution < 1.29 is 9.90 Å². The van der Waals surface area contributed by atoms with Crippen LogP contribution in [0.1, 0.15) is 19.3 Å². The molecule has 1 aromatic carbocycles. The molecule has 1 saturated carbocycles. The fourth-order valence-corrected chi connectivity index (χ4v) is 2.85. The first-order valence-corrected chi connectivity index (χ1v) is 6.99. The van der Waals surface area contributed by atoms with Gasteiger partial charge in [0.2, 0.25) is 0 Å². The van der Waals surface area contributed by atoms with Crippen molar-refractivity contribution in [1.29, 1.82) is 0 Å². The van der Waals surface area contributed by atoms with Crippen LogP contribution in [0.3, 0.4) is 0 Å². The molecule has 19 heavy (non-hydrogen) atoms. The Labute approximate surface area is 123 Å². The predicted molar refractivity (Wildman–Crippen MR) is 75.4 cm³/mol. The largest absolute Gasteiger partial charge is 0.479 e. The zero-order valence-corrected chi connectivity index (χ0v) is 12.1. The summed E-state index contributed by atoms with van der Waals surface area (Å²) >= 11 is 2.21. The second-order valence-corrected chi connectivity index (χ2v) is 5.86. The molecule has 1 N–H and O–H groups in total. The first kappa shape index (κ1) is 12.5. The van der Waals surface area contributed by atoms with Gasteiger partial charge in [0.05, 0.1) is 0 Å². The van der Waals surface area contributed by atoms with Crippen LogP contribution in [0.5, 0.6) is 0 Å². The van der Waals surface area contributed by atoms with E-state index in [4.69, 9.17) is 0 Å². The van der Waals surface area contributed by atoms with Crippen LogP contribution in [0.2, 0.25) is 0 Å². The lowest BCUT2D eigenvalue weighted by molar-refractivity contribution is -0.153. The summed E-state index contributed by atoms with van der Waals surface area (Å²) in [6, 6.07) is 7.70. The monoisotopic (exact) mass is 370 g/mol. The number of rotatable bonds is 3. The summed E-state index contributed by atoms with van der Waals surface area (Å²) in [5.41, 5.74) is -0.135. The molecule has 0 radical (unpaired) electrons. The molecule has 0 amide bonds. The van der Waals surface area contributed by atoms with E-state index < -0.39 is 11.5 Å². The van der Waals surface area contributed by atoms with Crippen molar-refractivity contribution in [3.05, 3.63) is 27.8 Å². The van der Waals surface area contributed by atoms with E-state index >= 15 is 0 Å². The molecular formula is C12H11IN4O2. The molecule has 0 unspecified atom stereocenters. The van der Waals surface area contributed by atoms with E-state index in [1.807, 2.05) is 24.3 Å². The van der Waals surface area contributed by atoms with E-state index in [1.54, 1.807) is 0 Å². The Hall–Kier alpha value is -1.51. The van der Waals surface area contributed by atoms with Gasteiger partial charge >= 0.3 is 5.97 Å². The molecule has 1 fully saturated rings. The van der Waals surface area contributed by atoms with Crippen LogP contribution in [0, 0.1) is 3.57 Å². The third-order valence-electron chi connectivity index (χ3n) is 3.54. The molecule has 0 spiro atoms. The number of hydrogen-bond donors (Lipinski definition) is 1. The molecule has 0 aliphatic heterocycles. The van der Waals surface area contributed by atoms with Crippen molar-refractivity contribution in [2.75, 3.05) is 0 Å². The molecule has 6 nitrogen and oxygen atoms in total. The van der Waals surface area contributed by atoms with E-state index in [-0.39, 0.29) is 0 Å². The molecule has 0 atom stereocenters. The van der Waals surface area contributed by atoms with Crippen LogP contribution in [0.15, 0.2) is 24.3 Å². The summed E-state index contributed by atoms with van der Waals surface area (Å²) in [5.74, 6) is -0.349. The van der Waals surface area contributed by atoms with Gasteiger partial charge in [-0.15, -0.1) is 5.10 Å². The van der Waals surface area contributed by atoms with Gasteiger partial charge in [0, 0.05) is 9.13 Å². The Bertz CT molecular complexity index is 636. The molecule has 7 heteroatoms.